The zero-order valence-electron chi connectivity index (χ0n) is 9.18. The van der Waals surface area contributed by atoms with E-state index in [1.165, 1.54) is 24.8 Å². The number of aldehydes is 1. The van der Waals surface area contributed by atoms with Gasteiger partial charge in [0.05, 0.1) is 0 Å². The van der Waals surface area contributed by atoms with E-state index in [0.29, 0.717) is 0 Å². The number of carbonyl (C=O) groups is 1. The zero-order chi connectivity index (χ0) is 10.1. The number of rotatable bonds is 7. The first-order valence-corrected chi connectivity index (χ1v) is 5.29. The van der Waals surface area contributed by atoms with Crippen LogP contribution >= 0.6 is 0 Å². The second-order valence-corrected chi connectivity index (χ2v) is 3.91. The summed E-state index contributed by atoms with van der Waals surface area (Å²) in [6.07, 6.45) is 8.92. The van der Waals surface area contributed by atoms with Gasteiger partial charge in [-0.2, -0.15) is 0 Å². The number of hydrogen-bond donors (Lipinski definition) is 0. The van der Waals surface area contributed by atoms with E-state index in [9.17, 15) is 4.79 Å². The van der Waals surface area contributed by atoms with Gasteiger partial charge in [0.25, 0.3) is 0 Å². The fourth-order valence-electron chi connectivity index (χ4n) is 1.29. The summed E-state index contributed by atoms with van der Waals surface area (Å²) in [6.45, 7) is 6.34. The van der Waals surface area contributed by atoms with Crippen LogP contribution in [0.4, 0.5) is 0 Å². The smallest absolute Gasteiger partial charge is 0.123 e. The van der Waals surface area contributed by atoms with Crippen LogP contribution in [0.15, 0.2) is 11.6 Å². The predicted molar refractivity (Wildman–Crippen MR) is 57.7 cm³/mol. The van der Waals surface area contributed by atoms with Crippen LogP contribution in [-0.2, 0) is 4.79 Å². The molecule has 0 saturated heterocycles. The summed E-state index contributed by atoms with van der Waals surface area (Å²) < 4.78 is 0. The Balaban J connectivity index is 3.63. The van der Waals surface area contributed by atoms with Crippen LogP contribution in [0.25, 0.3) is 0 Å². The predicted octanol–water partition coefficient (Wildman–Crippen LogP) is 3.74. The van der Waals surface area contributed by atoms with Crippen LogP contribution in [0.3, 0.4) is 0 Å². The Morgan fingerprint density at radius 1 is 1.31 bits per heavy atom. The molecule has 1 unspecified atom stereocenters. The first-order chi connectivity index (χ1) is 6.20. The van der Waals surface area contributed by atoms with Gasteiger partial charge < -0.3 is 4.79 Å². The fraction of sp³-hybridized carbons (Fsp3) is 0.750. The summed E-state index contributed by atoms with van der Waals surface area (Å²) >= 11 is 0. The highest BCUT2D eigenvalue weighted by Crippen LogP contribution is 2.13. The highest BCUT2D eigenvalue weighted by Gasteiger charge is 2.04. The average molecular weight is 182 g/mol. The number of allylic oxidation sites excluding steroid dienone is 2. The van der Waals surface area contributed by atoms with Gasteiger partial charge in [-0.25, -0.2) is 0 Å². The highest BCUT2D eigenvalue weighted by atomic mass is 16.1. The van der Waals surface area contributed by atoms with E-state index in [4.69, 9.17) is 0 Å². The molecule has 0 fully saturated rings. The Morgan fingerprint density at radius 2 is 2.00 bits per heavy atom. The molecule has 1 atom stereocenters. The third-order valence-corrected chi connectivity index (χ3v) is 2.20. The Kier molecular flexibility index (Phi) is 7.66. The van der Waals surface area contributed by atoms with Crippen molar-refractivity contribution in [3.63, 3.8) is 0 Å². The molecule has 0 N–H and O–H groups in total. The molecule has 0 heterocycles. The molecule has 0 aliphatic heterocycles. The first-order valence-electron chi connectivity index (χ1n) is 5.29. The lowest BCUT2D eigenvalue weighted by Crippen LogP contribution is -2.00. The van der Waals surface area contributed by atoms with Gasteiger partial charge in [-0.05, 0) is 26.7 Å². The SMILES string of the molecule is CCCCCC(C=O)CC=C(C)C. The van der Waals surface area contributed by atoms with Crippen LogP contribution < -0.4 is 0 Å². The van der Waals surface area contributed by atoms with Crippen molar-refractivity contribution in [2.75, 3.05) is 0 Å². The van der Waals surface area contributed by atoms with Crippen LogP contribution in [0.1, 0.15) is 52.9 Å². The van der Waals surface area contributed by atoms with Gasteiger partial charge in [0.1, 0.15) is 6.29 Å². The minimum atomic E-state index is 0.251. The van der Waals surface area contributed by atoms with Gasteiger partial charge in [-0.1, -0.05) is 37.8 Å². The number of unbranched alkanes of at least 4 members (excludes halogenated alkanes) is 2. The van der Waals surface area contributed by atoms with Gasteiger partial charge in [0.2, 0.25) is 0 Å². The number of carbonyl (C=O) groups excluding carboxylic acids is 1. The second-order valence-electron chi connectivity index (χ2n) is 3.91. The van der Waals surface area contributed by atoms with E-state index in [0.717, 1.165) is 19.1 Å². The van der Waals surface area contributed by atoms with Crippen LogP contribution in [0.5, 0.6) is 0 Å². The molecule has 13 heavy (non-hydrogen) atoms. The molecule has 0 aliphatic carbocycles. The molecule has 1 nitrogen and oxygen atoms in total. The minimum absolute atomic E-state index is 0.251. The summed E-state index contributed by atoms with van der Waals surface area (Å²) in [5.74, 6) is 0.251. The van der Waals surface area contributed by atoms with E-state index in [1.54, 1.807) is 0 Å². The lowest BCUT2D eigenvalue weighted by molar-refractivity contribution is -0.111. The summed E-state index contributed by atoms with van der Waals surface area (Å²) in [5.41, 5.74) is 1.31. The Labute approximate surface area is 82.2 Å². The molecule has 0 aromatic rings. The second kappa shape index (κ2) is 8.03. The van der Waals surface area contributed by atoms with Crippen LogP contribution in [0.2, 0.25) is 0 Å². The maximum absolute atomic E-state index is 10.7. The minimum Gasteiger partial charge on any atom is -0.303 e. The highest BCUT2D eigenvalue weighted by molar-refractivity contribution is 5.53. The Bertz CT molecular complexity index is 155. The van der Waals surface area contributed by atoms with Crippen molar-refractivity contribution in [2.45, 2.75) is 52.9 Å². The molecule has 0 aromatic heterocycles. The average Bonchev–Trinajstić information content (AvgIpc) is 2.10. The van der Waals surface area contributed by atoms with Crippen molar-refractivity contribution >= 4 is 6.29 Å². The lowest BCUT2D eigenvalue weighted by Gasteiger charge is -2.06. The molecule has 0 aliphatic rings. The maximum Gasteiger partial charge on any atom is 0.123 e. The molecule has 0 saturated carbocycles. The van der Waals surface area contributed by atoms with E-state index in [2.05, 4.69) is 26.8 Å². The summed E-state index contributed by atoms with van der Waals surface area (Å²) in [7, 11) is 0. The van der Waals surface area contributed by atoms with Gasteiger partial charge in [0.15, 0.2) is 0 Å². The molecular weight excluding hydrogens is 160 g/mol. The molecule has 76 valence electrons. The van der Waals surface area contributed by atoms with Gasteiger partial charge in [-0.3, -0.25) is 0 Å². The van der Waals surface area contributed by atoms with Gasteiger partial charge >= 0.3 is 0 Å². The first kappa shape index (κ1) is 12.4. The van der Waals surface area contributed by atoms with Crippen LogP contribution in [0, 0.1) is 5.92 Å². The summed E-state index contributed by atoms with van der Waals surface area (Å²) in [4.78, 5) is 10.7. The van der Waals surface area contributed by atoms with E-state index in [1.807, 2.05) is 0 Å². The normalized spacial score (nSPS) is 12.2. The van der Waals surface area contributed by atoms with Crippen molar-refractivity contribution in [1.82, 2.24) is 0 Å². The molecule has 0 bridgehead atoms. The van der Waals surface area contributed by atoms with Crippen molar-refractivity contribution in [3.8, 4) is 0 Å². The van der Waals surface area contributed by atoms with Gasteiger partial charge in [0, 0.05) is 5.92 Å². The quantitative estimate of drug-likeness (QED) is 0.333. The largest absolute Gasteiger partial charge is 0.303 e. The van der Waals surface area contributed by atoms with E-state index in [-0.39, 0.29) is 5.92 Å². The standard InChI is InChI=1S/C12H22O/c1-4-5-6-7-12(10-13)9-8-11(2)3/h8,10,12H,4-7,9H2,1-3H3. The van der Waals surface area contributed by atoms with E-state index < -0.39 is 0 Å². The lowest BCUT2D eigenvalue weighted by atomic mass is 9.98. The fourth-order valence-corrected chi connectivity index (χ4v) is 1.29. The molecule has 0 radical (unpaired) electrons. The molecule has 0 rings (SSSR count). The molecule has 0 aromatic carbocycles. The monoisotopic (exact) mass is 182 g/mol. The van der Waals surface area contributed by atoms with E-state index >= 15 is 0 Å². The molecular formula is C12H22O. The van der Waals surface area contributed by atoms with Gasteiger partial charge in [-0.15, -0.1) is 0 Å². The van der Waals surface area contributed by atoms with Crippen molar-refractivity contribution in [1.29, 1.82) is 0 Å². The third-order valence-electron chi connectivity index (χ3n) is 2.20. The Hall–Kier alpha value is -0.590. The molecule has 1 heteroatoms. The Morgan fingerprint density at radius 3 is 2.46 bits per heavy atom. The molecule has 0 spiro atoms. The summed E-state index contributed by atoms with van der Waals surface area (Å²) in [5, 5.41) is 0. The van der Waals surface area contributed by atoms with Crippen LogP contribution in [-0.4, -0.2) is 6.29 Å². The van der Waals surface area contributed by atoms with Crippen molar-refractivity contribution in [3.05, 3.63) is 11.6 Å². The zero-order valence-corrected chi connectivity index (χ0v) is 9.18. The number of hydrogen-bond acceptors (Lipinski definition) is 1. The van der Waals surface area contributed by atoms with Crippen molar-refractivity contribution < 1.29 is 4.79 Å². The van der Waals surface area contributed by atoms with Crippen molar-refractivity contribution in [2.24, 2.45) is 5.92 Å². The third kappa shape index (κ3) is 7.76. The summed E-state index contributed by atoms with van der Waals surface area (Å²) in [6, 6.07) is 0. The maximum atomic E-state index is 10.7. The topological polar surface area (TPSA) is 17.1 Å². The molecule has 0 amide bonds.